The summed E-state index contributed by atoms with van der Waals surface area (Å²) < 4.78 is 29.1. The lowest BCUT2D eigenvalue weighted by molar-refractivity contribution is 0.0985. The Balaban J connectivity index is 1.61. The topological polar surface area (TPSA) is 46.1 Å². The van der Waals surface area contributed by atoms with Gasteiger partial charge in [-0.05, 0) is 23.8 Å². The van der Waals surface area contributed by atoms with Crippen molar-refractivity contribution in [1.29, 1.82) is 0 Å². The predicted octanol–water partition coefficient (Wildman–Crippen LogP) is 6.03. The Morgan fingerprint density at radius 2 is 1.67 bits per heavy atom. The van der Waals surface area contributed by atoms with Crippen LogP contribution in [0.25, 0.3) is 20.4 Å². The molecule has 5 rings (SSSR count). The van der Waals surface area contributed by atoms with Gasteiger partial charge in [0, 0.05) is 6.07 Å². The van der Waals surface area contributed by atoms with Gasteiger partial charge in [-0.15, -0.1) is 11.3 Å². The quantitative estimate of drug-likeness (QED) is 0.345. The summed E-state index contributed by atoms with van der Waals surface area (Å²) in [6.07, 6.45) is 0. The molecule has 0 spiro atoms. The van der Waals surface area contributed by atoms with E-state index in [0.29, 0.717) is 14.8 Å². The molecule has 0 atom stereocenters. The number of hydrogen-bond acceptors (Lipinski definition) is 5. The van der Waals surface area contributed by atoms with Crippen LogP contribution in [0.4, 0.5) is 13.9 Å². The molecule has 2 heterocycles. The van der Waals surface area contributed by atoms with Crippen molar-refractivity contribution in [2.24, 2.45) is 0 Å². The summed E-state index contributed by atoms with van der Waals surface area (Å²) in [6, 6.07) is 19.0. The minimum Gasteiger partial charge on any atom is -0.277 e. The molecule has 0 fully saturated rings. The van der Waals surface area contributed by atoms with E-state index in [-0.39, 0.29) is 18.0 Å². The van der Waals surface area contributed by atoms with E-state index < -0.39 is 11.6 Å². The summed E-state index contributed by atoms with van der Waals surface area (Å²) in [7, 11) is 0. The summed E-state index contributed by atoms with van der Waals surface area (Å²) >= 11 is 2.37. The first kappa shape index (κ1) is 18.8. The Morgan fingerprint density at radius 3 is 2.47 bits per heavy atom. The molecule has 1 amide bonds. The Hall–Kier alpha value is -3.23. The fraction of sp³-hybridized carbons (Fsp3) is 0.0455. The van der Waals surface area contributed by atoms with Gasteiger partial charge in [-0.25, -0.2) is 18.7 Å². The lowest BCUT2D eigenvalue weighted by atomic mass is 10.2. The zero-order valence-electron chi connectivity index (χ0n) is 15.4. The molecule has 0 radical (unpaired) electrons. The number of anilines is 1. The van der Waals surface area contributed by atoms with Crippen molar-refractivity contribution >= 4 is 54.1 Å². The number of nitrogens with zero attached hydrogens (tertiary/aromatic N) is 3. The van der Waals surface area contributed by atoms with Crippen LogP contribution in [0.1, 0.15) is 15.4 Å². The van der Waals surface area contributed by atoms with Gasteiger partial charge >= 0.3 is 0 Å². The van der Waals surface area contributed by atoms with E-state index in [1.54, 1.807) is 0 Å². The van der Waals surface area contributed by atoms with E-state index in [1.165, 1.54) is 22.3 Å². The van der Waals surface area contributed by atoms with Crippen molar-refractivity contribution < 1.29 is 13.6 Å². The minimum absolute atomic E-state index is 0.0477. The van der Waals surface area contributed by atoms with E-state index in [0.717, 1.165) is 33.2 Å². The van der Waals surface area contributed by atoms with Gasteiger partial charge in [0.25, 0.3) is 5.91 Å². The molecule has 3 aromatic carbocycles. The molecular formula is C22H13F2N3OS2. The largest absolute Gasteiger partial charge is 0.289 e. The highest BCUT2D eigenvalue weighted by molar-refractivity contribution is 7.22. The fourth-order valence-electron chi connectivity index (χ4n) is 3.13. The van der Waals surface area contributed by atoms with Crippen LogP contribution in [0, 0.1) is 11.6 Å². The molecule has 0 saturated carbocycles. The van der Waals surface area contributed by atoms with Crippen molar-refractivity contribution in [2.75, 3.05) is 4.90 Å². The zero-order valence-corrected chi connectivity index (χ0v) is 17.0. The van der Waals surface area contributed by atoms with Crippen LogP contribution in [0.2, 0.25) is 0 Å². The number of benzene rings is 3. The summed E-state index contributed by atoms with van der Waals surface area (Å²) in [6.45, 7) is 0.236. The second kappa shape index (κ2) is 7.55. The predicted molar refractivity (Wildman–Crippen MR) is 116 cm³/mol. The molecule has 4 nitrogen and oxygen atoms in total. The first-order valence-corrected chi connectivity index (χ1v) is 10.7. The Labute approximate surface area is 178 Å². The number of para-hydroxylation sites is 1. The average molecular weight is 437 g/mol. The van der Waals surface area contributed by atoms with Crippen LogP contribution >= 0.6 is 22.7 Å². The molecule has 0 aliphatic rings. The van der Waals surface area contributed by atoms with Gasteiger partial charge in [0.15, 0.2) is 16.0 Å². The number of carbonyl (C=O) groups is 1. The lowest BCUT2D eigenvalue weighted by Gasteiger charge is -2.18. The van der Waals surface area contributed by atoms with Crippen LogP contribution in [0.5, 0.6) is 0 Å². The molecule has 5 aromatic rings. The number of hydrogen-bond donors (Lipinski definition) is 0. The number of fused-ring (bicyclic) bond motifs is 2. The molecule has 30 heavy (non-hydrogen) atoms. The van der Waals surface area contributed by atoms with Crippen LogP contribution in [-0.2, 0) is 6.54 Å². The first-order chi connectivity index (χ1) is 14.6. The minimum atomic E-state index is -0.750. The summed E-state index contributed by atoms with van der Waals surface area (Å²) in [5.41, 5.74) is 1.67. The number of aromatic nitrogens is 2. The Bertz CT molecular complexity index is 1350. The highest BCUT2D eigenvalue weighted by Gasteiger charge is 2.25. The van der Waals surface area contributed by atoms with E-state index in [4.69, 9.17) is 0 Å². The fourth-order valence-corrected chi connectivity index (χ4v) is 5.05. The normalized spacial score (nSPS) is 11.3. The van der Waals surface area contributed by atoms with Gasteiger partial charge in [-0.3, -0.25) is 9.69 Å². The second-order valence-electron chi connectivity index (χ2n) is 6.59. The molecular weight excluding hydrogens is 424 g/mol. The highest BCUT2D eigenvalue weighted by atomic mass is 32.1. The molecule has 0 N–H and O–H groups in total. The van der Waals surface area contributed by atoms with Crippen LogP contribution in [-0.4, -0.2) is 15.9 Å². The average Bonchev–Trinajstić information content (AvgIpc) is 3.36. The van der Waals surface area contributed by atoms with E-state index in [1.807, 2.05) is 54.6 Å². The van der Waals surface area contributed by atoms with E-state index in [9.17, 15) is 13.6 Å². The Morgan fingerprint density at radius 1 is 0.900 bits per heavy atom. The van der Waals surface area contributed by atoms with Gasteiger partial charge in [-0.1, -0.05) is 53.8 Å². The van der Waals surface area contributed by atoms with Crippen LogP contribution in [0.15, 0.2) is 66.7 Å². The molecule has 0 aliphatic heterocycles. The maximum Gasteiger partial charge on any atom is 0.289 e. The molecule has 0 bridgehead atoms. The maximum atomic E-state index is 14.2. The van der Waals surface area contributed by atoms with Crippen molar-refractivity contribution in [2.45, 2.75) is 6.54 Å². The second-order valence-corrected chi connectivity index (χ2v) is 8.63. The van der Waals surface area contributed by atoms with Crippen molar-refractivity contribution in [3.8, 4) is 0 Å². The molecule has 0 unspecified atom stereocenters. The number of amides is 1. The standard InChI is InChI=1S/C22H13F2N3OS2/c23-14-10-15(24)19-18(11-14)30-22(26-19)27(12-13-6-2-1-3-7-13)21(28)20-25-16-8-4-5-9-17(16)29-20/h1-11H,12H2. The third-order valence-corrected chi connectivity index (χ3v) is 6.59. The third-order valence-electron chi connectivity index (χ3n) is 4.54. The van der Waals surface area contributed by atoms with Crippen molar-refractivity contribution in [1.82, 2.24) is 9.97 Å². The SMILES string of the molecule is O=C(c1nc2ccccc2s1)N(Cc1ccccc1)c1nc2c(F)cc(F)cc2s1. The molecule has 148 valence electrons. The molecule has 8 heteroatoms. The number of carbonyl (C=O) groups excluding carboxylic acids is 1. The number of halogens is 2. The summed E-state index contributed by atoms with van der Waals surface area (Å²) in [5, 5.41) is 0.612. The number of rotatable bonds is 4. The van der Waals surface area contributed by atoms with Gasteiger partial charge in [0.2, 0.25) is 0 Å². The van der Waals surface area contributed by atoms with Crippen molar-refractivity contribution in [3.63, 3.8) is 0 Å². The zero-order chi connectivity index (χ0) is 20.7. The van der Waals surface area contributed by atoms with Crippen LogP contribution in [0.3, 0.4) is 0 Å². The molecule has 0 saturated heterocycles. The van der Waals surface area contributed by atoms with Gasteiger partial charge in [-0.2, -0.15) is 0 Å². The molecule has 2 aromatic heterocycles. The van der Waals surface area contributed by atoms with Crippen LogP contribution < -0.4 is 4.90 Å². The first-order valence-electron chi connectivity index (χ1n) is 9.05. The van der Waals surface area contributed by atoms with Gasteiger partial charge in [0.1, 0.15) is 11.3 Å². The van der Waals surface area contributed by atoms with Gasteiger partial charge < -0.3 is 0 Å². The Kier molecular flexibility index (Phi) is 4.72. The van der Waals surface area contributed by atoms with E-state index in [2.05, 4.69) is 9.97 Å². The summed E-state index contributed by atoms with van der Waals surface area (Å²) in [5.74, 6) is -1.76. The third kappa shape index (κ3) is 3.44. The number of thiazole rings is 2. The monoisotopic (exact) mass is 437 g/mol. The van der Waals surface area contributed by atoms with E-state index >= 15 is 0 Å². The highest BCUT2D eigenvalue weighted by Crippen LogP contribution is 2.33. The maximum absolute atomic E-state index is 14.2. The summed E-state index contributed by atoms with van der Waals surface area (Å²) in [4.78, 5) is 23.7. The van der Waals surface area contributed by atoms with Crippen molar-refractivity contribution in [3.05, 3.63) is 88.9 Å². The van der Waals surface area contributed by atoms with Gasteiger partial charge in [0.05, 0.1) is 21.5 Å². The smallest absolute Gasteiger partial charge is 0.277 e. The lowest BCUT2D eigenvalue weighted by Crippen LogP contribution is -2.30. The molecule has 0 aliphatic carbocycles.